The van der Waals surface area contributed by atoms with Gasteiger partial charge in [0, 0.05) is 4.47 Å². The number of methoxy groups -OCH3 is 1. The van der Waals surface area contributed by atoms with E-state index in [0.717, 1.165) is 4.47 Å². The number of benzene rings is 3. The number of nitrogens with zero attached hydrogens (tertiary/aromatic N) is 3. The van der Waals surface area contributed by atoms with Crippen LogP contribution < -0.4 is 15.3 Å². The van der Waals surface area contributed by atoms with Crippen LogP contribution >= 0.6 is 15.9 Å². The van der Waals surface area contributed by atoms with Gasteiger partial charge in [0.25, 0.3) is 5.91 Å². The molecule has 2 N–H and O–H groups in total. The number of halogens is 1. The maximum absolute atomic E-state index is 13.2. The topological polar surface area (TPSA) is 77.4 Å². The Morgan fingerprint density at radius 2 is 1.72 bits per heavy atom. The highest BCUT2D eigenvalue weighted by atomic mass is 79.9. The molecule has 0 fully saturated rings. The average molecular weight is 453 g/mol. The van der Waals surface area contributed by atoms with E-state index >= 15 is 0 Å². The van der Waals surface area contributed by atoms with Crippen LogP contribution in [0.4, 0.5) is 5.69 Å². The van der Waals surface area contributed by atoms with E-state index in [1.165, 1.54) is 16.3 Å². The number of hydrazone groups is 1. The lowest BCUT2D eigenvalue weighted by Gasteiger charge is -2.26. The van der Waals surface area contributed by atoms with Gasteiger partial charge >= 0.3 is 0 Å². The van der Waals surface area contributed by atoms with Crippen molar-refractivity contribution in [2.75, 3.05) is 12.2 Å². The van der Waals surface area contributed by atoms with E-state index in [-0.39, 0.29) is 11.3 Å². The fraction of sp³-hybridized carbons (Fsp3) is 0.0476. The quantitative estimate of drug-likeness (QED) is 0.627. The molecule has 3 aromatic carbocycles. The Kier molecular flexibility index (Phi) is 5.09. The molecule has 0 bridgehead atoms. The first-order valence-electron chi connectivity index (χ1n) is 8.75. The van der Waals surface area contributed by atoms with Gasteiger partial charge in [0.15, 0.2) is 5.84 Å². The maximum atomic E-state index is 13.2. The number of carbonyl (C=O) groups excluding carboxylic acids is 1. The monoisotopic (exact) mass is 452 g/mol. The first-order chi connectivity index (χ1) is 14.1. The number of ether oxygens (including phenoxy) is 1. The third-order valence-corrected chi connectivity index (χ3v) is 4.87. The fourth-order valence-electron chi connectivity index (χ4n) is 2.92. The van der Waals surface area contributed by atoms with Gasteiger partial charge in [0.05, 0.1) is 23.9 Å². The third kappa shape index (κ3) is 3.62. The highest BCUT2D eigenvalue weighted by Crippen LogP contribution is 2.28. The number of hydrazine groups is 2. The number of rotatable bonds is 4. The summed E-state index contributed by atoms with van der Waals surface area (Å²) in [5.41, 5.74) is 4.54. The number of carbonyl (C=O) groups is 1. The maximum Gasteiger partial charge on any atom is 0.297 e. The van der Waals surface area contributed by atoms with E-state index in [0.29, 0.717) is 22.8 Å². The highest BCUT2D eigenvalue weighted by molar-refractivity contribution is 9.10. The fourth-order valence-corrected chi connectivity index (χ4v) is 3.18. The van der Waals surface area contributed by atoms with Crippen LogP contribution in [0, 0.1) is 0 Å². The third-order valence-electron chi connectivity index (χ3n) is 4.34. The van der Waals surface area contributed by atoms with Crippen LogP contribution in [0.3, 0.4) is 0 Å². The second-order valence-electron chi connectivity index (χ2n) is 6.16. The molecule has 0 spiro atoms. The smallest absolute Gasteiger partial charge is 0.297 e. The summed E-state index contributed by atoms with van der Waals surface area (Å²) in [6, 6.07) is 21.1. The highest BCUT2D eigenvalue weighted by Gasteiger charge is 2.33. The van der Waals surface area contributed by atoms with Gasteiger partial charge in [0.1, 0.15) is 11.5 Å². The summed E-state index contributed by atoms with van der Waals surface area (Å²) in [7, 11) is 1.58. The number of anilines is 1. The number of phenols is 1. The Morgan fingerprint density at radius 3 is 2.45 bits per heavy atom. The molecule has 0 saturated carbocycles. The van der Waals surface area contributed by atoms with Crippen molar-refractivity contribution in [1.29, 1.82) is 0 Å². The van der Waals surface area contributed by atoms with Gasteiger partial charge in [-0.3, -0.25) is 10.2 Å². The first kappa shape index (κ1) is 18.8. The van der Waals surface area contributed by atoms with Gasteiger partial charge in [-0.1, -0.05) is 40.2 Å². The number of hydrogen-bond acceptors (Lipinski definition) is 6. The molecule has 1 amide bonds. The molecule has 1 aliphatic heterocycles. The van der Waals surface area contributed by atoms with Crippen LogP contribution in [0.1, 0.15) is 15.9 Å². The second-order valence-corrected chi connectivity index (χ2v) is 7.08. The number of amides is 1. The Labute approximate surface area is 175 Å². The number of aromatic hydroxyl groups is 1. The molecule has 0 atom stereocenters. The number of nitrogens with one attached hydrogen (secondary N) is 1. The van der Waals surface area contributed by atoms with Crippen LogP contribution in [0.2, 0.25) is 0 Å². The standard InChI is InChI=1S/C21H17BrN4O3/c1-29-19-9-5-3-7-17(19)20-23-25(15-12-10-14(22)11-13-15)26(24-20)21(28)16-6-2-4-8-18(16)27/h2-13,27H,1H3,(H,23,24). The summed E-state index contributed by atoms with van der Waals surface area (Å²) in [6.07, 6.45) is 0. The van der Waals surface area contributed by atoms with Crippen LogP contribution in [-0.2, 0) is 0 Å². The molecular weight excluding hydrogens is 436 g/mol. The van der Waals surface area contributed by atoms with Crippen molar-refractivity contribution in [3.05, 3.63) is 88.4 Å². The largest absolute Gasteiger partial charge is 0.507 e. The van der Waals surface area contributed by atoms with E-state index in [4.69, 9.17) is 4.74 Å². The molecule has 8 heteroatoms. The minimum Gasteiger partial charge on any atom is -0.507 e. The molecule has 29 heavy (non-hydrogen) atoms. The van der Waals surface area contributed by atoms with Crippen molar-refractivity contribution in [3.63, 3.8) is 0 Å². The molecule has 146 valence electrons. The van der Waals surface area contributed by atoms with Crippen molar-refractivity contribution in [1.82, 2.24) is 10.5 Å². The summed E-state index contributed by atoms with van der Waals surface area (Å²) in [6.45, 7) is 0. The Morgan fingerprint density at radius 1 is 1.03 bits per heavy atom. The normalized spacial score (nSPS) is 13.1. The van der Waals surface area contributed by atoms with Gasteiger partial charge in [-0.05, 0) is 48.5 Å². The predicted molar refractivity (Wildman–Crippen MR) is 114 cm³/mol. The molecule has 7 nitrogen and oxygen atoms in total. The molecule has 0 aliphatic carbocycles. The van der Waals surface area contributed by atoms with Crippen molar-refractivity contribution in [2.24, 2.45) is 5.10 Å². The Bertz CT molecular complexity index is 1090. The van der Waals surface area contributed by atoms with Gasteiger partial charge < -0.3 is 9.84 Å². The summed E-state index contributed by atoms with van der Waals surface area (Å²) >= 11 is 3.41. The van der Waals surface area contributed by atoms with Crippen LogP contribution in [0.25, 0.3) is 0 Å². The minimum atomic E-state index is -0.459. The van der Waals surface area contributed by atoms with Crippen LogP contribution in [-0.4, -0.2) is 29.1 Å². The van der Waals surface area contributed by atoms with Crippen molar-refractivity contribution < 1.29 is 14.6 Å². The van der Waals surface area contributed by atoms with E-state index in [9.17, 15) is 9.90 Å². The van der Waals surface area contributed by atoms with E-state index in [1.807, 2.05) is 48.5 Å². The summed E-state index contributed by atoms with van der Waals surface area (Å²) < 4.78 is 6.33. The molecule has 0 aromatic heterocycles. The number of hydrogen-bond donors (Lipinski definition) is 2. The molecular formula is C21H17BrN4O3. The number of phenolic OH excluding ortho intramolecular Hbond substituents is 1. The van der Waals surface area contributed by atoms with Crippen LogP contribution in [0.5, 0.6) is 11.5 Å². The molecule has 0 saturated heterocycles. The zero-order chi connectivity index (χ0) is 20.4. The molecule has 4 rings (SSSR count). The summed E-state index contributed by atoms with van der Waals surface area (Å²) in [5, 5.41) is 17.4. The zero-order valence-electron chi connectivity index (χ0n) is 15.4. The molecule has 3 aromatic rings. The van der Waals surface area contributed by atoms with Crippen LogP contribution in [0.15, 0.2) is 82.4 Å². The lowest BCUT2D eigenvalue weighted by molar-refractivity contribution is 0.0707. The molecule has 0 unspecified atom stereocenters. The van der Waals surface area contributed by atoms with Crippen molar-refractivity contribution in [2.45, 2.75) is 0 Å². The molecule has 1 heterocycles. The van der Waals surface area contributed by atoms with Crippen molar-refractivity contribution >= 4 is 33.4 Å². The second kappa shape index (κ2) is 7.84. The first-order valence-corrected chi connectivity index (χ1v) is 9.54. The van der Waals surface area contributed by atoms with Gasteiger partial charge in [0.2, 0.25) is 0 Å². The van der Waals surface area contributed by atoms with Crippen molar-refractivity contribution in [3.8, 4) is 11.5 Å². The summed E-state index contributed by atoms with van der Waals surface area (Å²) in [5.74, 6) is 0.487. The van der Waals surface area contributed by atoms with E-state index in [1.54, 1.807) is 25.3 Å². The van der Waals surface area contributed by atoms with Gasteiger partial charge in [-0.15, -0.1) is 15.3 Å². The SMILES string of the molecule is COc1ccccc1C1=NN(c2ccc(Br)cc2)N(C(=O)c2ccccc2O)N1. The van der Waals surface area contributed by atoms with Gasteiger partial charge in [-0.2, -0.15) is 0 Å². The van der Waals surface area contributed by atoms with Gasteiger partial charge in [-0.25, -0.2) is 0 Å². The lowest BCUT2D eigenvalue weighted by atomic mass is 10.2. The molecule has 0 radical (unpaired) electrons. The molecule has 1 aliphatic rings. The predicted octanol–water partition coefficient (Wildman–Crippen LogP) is 3.91. The van der Waals surface area contributed by atoms with E-state index < -0.39 is 5.91 Å². The Hall–Kier alpha value is -3.52. The Balaban J connectivity index is 1.77. The van der Waals surface area contributed by atoms with E-state index in [2.05, 4.69) is 26.5 Å². The number of para-hydroxylation sites is 2. The summed E-state index contributed by atoms with van der Waals surface area (Å²) in [4.78, 5) is 13.2. The zero-order valence-corrected chi connectivity index (χ0v) is 17.0. The number of amidine groups is 1. The lowest BCUT2D eigenvalue weighted by Crippen LogP contribution is -2.48. The average Bonchev–Trinajstić information content (AvgIpc) is 3.19. The minimum absolute atomic E-state index is 0.110.